The van der Waals surface area contributed by atoms with Gasteiger partial charge in [0.1, 0.15) is 5.69 Å². The zero-order chi connectivity index (χ0) is 21.4. The molecular weight excluding hydrogens is 390 g/mol. The predicted molar refractivity (Wildman–Crippen MR) is 114 cm³/mol. The van der Waals surface area contributed by atoms with E-state index in [1.165, 1.54) is 28.6 Å². The smallest absolute Gasteiger partial charge is 0.243 e. The van der Waals surface area contributed by atoms with Crippen LogP contribution in [-0.2, 0) is 16.4 Å². The Morgan fingerprint density at radius 3 is 2.17 bits per heavy atom. The first-order valence-corrected chi connectivity index (χ1v) is 11.0. The van der Waals surface area contributed by atoms with Crippen molar-refractivity contribution in [3.63, 3.8) is 0 Å². The minimum absolute atomic E-state index is 0.0352. The van der Waals surface area contributed by atoms with Crippen molar-refractivity contribution in [1.29, 1.82) is 0 Å². The first kappa shape index (κ1) is 23.2. The molecule has 2 atom stereocenters. The van der Waals surface area contributed by atoms with E-state index >= 15 is 0 Å². The van der Waals surface area contributed by atoms with Gasteiger partial charge in [-0.1, -0.05) is 44.2 Å². The molecule has 8 heteroatoms. The Kier molecular flexibility index (Phi) is 8.45. The second-order valence-electron chi connectivity index (χ2n) is 7.45. The molecule has 2 aromatic rings. The molecule has 0 radical (unpaired) electrons. The summed E-state index contributed by atoms with van der Waals surface area (Å²) in [6.45, 7) is 4.09. The maximum absolute atomic E-state index is 13.2. The summed E-state index contributed by atoms with van der Waals surface area (Å²) in [6, 6.07) is 14.9. The van der Waals surface area contributed by atoms with Crippen molar-refractivity contribution in [1.82, 2.24) is 9.62 Å². The van der Waals surface area contributed by atoms with E-state index in [9.17, 15) is 18.4 Å². The molecule has 0 aliphatic carbocycles. The third kappa shape index (κ3) is 6.43. The summed E-state index contributed by atoms with van der Waals surface area (Å²) < 4.78 is 27.6. The first-order chi connectivity index (χ1) is 13.8. The lowest BCUT2D eigenvalue weighted by Crippen LogP contribution is -2.48. The van der Waals surface area contributed by atoms with Crippen LogP contribution in [0, 0.1) is 10.8 Å². The van der Waals surface area contributed by atoms with Crippen LogP contribution in [-0.4, -0.2) is 50.1 Å². The average molecular weight is 420 g/mol. The normalized spacial score (nSPS) is 14.1. The van der Waals surface area contributed by atoms with Gasteiger partial charge in [-0.15, -0.1) is 4.91 Å². The molecule has 0 aromatic heterocycles. The largest absolute Gasteiger partial charge is 0.390 e. The number of hydrogen-bond acceptors (Lipinski definition) is 6. The second kappa shape index (κ2) is 10.6. The van der Waals surface area contributed by atoms with Crippen LogP contribution in [0.15, 0.2) is 64.7 Å². The summed E-state index contributed by atoms with van der Waals surface area (Å²) in [4.78, 5) is 10.7. The van der Waals surface area contributed by atoms with Crippen LogP contribution in [0.5, 0.6) is 0 Å². The highest BCUT2D eigenvalue weighted by Gasteiger charge is 2.30. The van der Waals surface area contributed by atoms with Crippen LogP contribution in [0.1, 0.15) is 19.4 Å². The number of aliphatic hydroxyl groups is 1. The Balaban J connectivity index is 2.22. The topological polar surface area (TPSA) is 99.1 Å². The molecule has 2 aromatic carbocycles. The van der Waals surface area contributed by atoms with Crippen LogP contribution < -0.4 is 5.32 Å². The third-order valence-corrected chi connectivity index (χ3v) is 6.52. The van der Waals surface area contributed by atoms with E-state index in [0.29, 0.717) is 6.42 Å². The summed E-state index contributed by atoms with van der Waals surface area (Å²) in [5.74, 6) is 0.0787. The fraction of sp³-hybridized carbons (Fsp3) is 0.429. The zero-order valence-corrected chi connectivity index (χ0v) is 17.8. The van der Waals surface area contributed by atoms with Gasteiger partial charge < -0.3 is 10.4 Å². The van der Waals surface area contributed by atoms with E-state index in [4.69, 9.17) is 0 Å². The number of nitrogens with one attached hydrogen (secondary N) is 1. The van der Waals surface area contributed by atoms with Crippen molar-refractivity contribution in [2.45, 2.75) is 37.3 Å². The lowest BCUT2D eigenvalue weighted by Gasteiger charge is -2.30. The standard InChI is InChI=1S/C21H29N3O4S/c1-16(2)14-24(29(27,28)19-11-9-18(23-26)10-12-19)15-21(25)20(22-3)13-17-7-5-4-6-8-17/h4-12,16,20-22,25H,13-15H2,1-3H3/t20-,21+/m0/s1. The van der Waals surface area contributed by atoms with Gasteiger partial charge in [0.25, 0.3) is 0 Å². The number of hydrogen-bond donors (Lipinski definition) is 2. The molecule has 7 nitrogen and oxygen atoms in total. The van der Waals surface area contributed by atoms with Crippen molar-refractivity contribution in [3.8, 4) is 0 Å². The molecule has 0 saturated heterocycles. The minimum Gasteiger partial charge on any atom is -0.390 e. The quantitative estimate of drug-likeness (QED) is 0.546. The highest BCUT2D eigenvalue weighted by atomic mass is 32.2. The molecule has 0 amide bonds. The summed E-state index contributed by atoms with van der Waals surface area (Å²) in [5.41, 5.74) is 1.22. The molecule has 0 saturated carbocycles. The zero-order valence-electron chi connectivity index (χ0n) is 17.0. The van der Waals surface area contributed by atoms with Gasteiger partial charge in [0.15, 0.2) is 0 Å². The highest BCUT2D eigenvalue weighted by Crippen LogP contribution is 2.21. The number of sulfonamides is 1. The van der Waals surface area contributed by atoms with Gasteiger partial charge in [0.05, 0.1) is 11.0 Å². The van der Waals surface area contributed by atoms with E-state index in [0.717, 1.165) is 5.56 Å². The van der Waals surface area contributed by atoms with Gasteiger partial charge in [-0.2, -0.15) is 4.31 Å². The molecule has 2 rings (SSSR count). The van der Waals surface area contributed by atoms with Crippen LogP contribution in [0.25, 0.3) is 0 Å². The SMILES string of the molecule is CN[C@@H](Cc1ccccc1)[C@H](O)CN(CC(C)C)S(=O)(=O)c1ccc(N=O)cc1. The molecule has 0 fully saturated rings. The summed E-state index contributed by atoms with van der Waals surface area (Å²) in [6.07, 6.45) is -0.321. The van der Waals surface area contributed by atoms with Crippen molar-refractivity contribution >= 4 is 15.7 Å². The molecule has 0 aliphatic rings. The van der Waals surface area contributed by atoms with Gasteiger partial charge in [0.2, 0.25) is 10.0 Å². The van der Waals surface area contributed by atoms with E-state index in [-0.39, 0.29) is 35.6 Å². The maximum atomic E-state index is 13.2. The number of nitroso groups, excluding NO2 is 1. The van der Waals surface area contributed by atoms with E-state index in [1.807, 2.05) is 44.2 Å². The Bertz CT molecular complexity index is 871. The molecule has 158 valence electrons. The molecule has 0 aliphatic heterocycles. The summed E-state index contributed by atoms with van der Waals surface area (Å²) in [5, 5.41) is 16.7. The van der Waals surface area contributed by atoms with Crippen LogP contribution >= 0.6 is 0 Å². The van der Waals surface area contributed by atoms with Crippen molar-refractivity contribution in [2.75, 3.05) is 20.1 Å². The van der Waals surface area contributed by atoms with Crippen LogP contribution in [0.2, 0.25) is 0 Å². The van der Waals surface area contributed by atoms with E-state index in [1.54, 1.807) is 7.05 Å². The number of nitrogens with zero attached hydrogens (tertiary/aromatic N) is 2. The van der Waals surface area contributed by atoms with Gasteiger partial charge in [-0.3, -0.25) is 0 Å². The Morgan fingerprint density at radius 2 is 1.66 bits per heavy atom. The summed E-state index contributed by atoms with van der Waals surface area (Å²) >= 11 is 0. The van der Waals surface area contributed by atoms with Crippen molar-refractivity contribution < 1.29 is 13.5 Å². The van der Waals surface area contributed by atoms with Gasteiger partial charge in [-0.05, 0) is 54.4 Å². The molecule has 0 heterocycles. The molecular formula is C21H29N3O4S. The van der Waals surface area contributed by atoms with Gasteiger partial charge >= 0.3 is 0 Å². The fourth-order valence-corrected chi connectivity index (χ4v) is 4.76. The van der Waals surface area contributed by atoms with Gasteiger partial charge in [-0.25, -0.2) is 8.42 Å². The molecule has 0 bridgehead atoms. The van der Waals surface area contributed by atoms with Crippen molar-refractivity contribution in [2.24, 2.45) is 11.1 Å². The highest BCUT2D eigenvalue weighted by molar-refractivity contribution is 7.89. The molecule has 0 unspecified atom stereocenters. The predicted octanol–water partition coefficient (Wildman–Crippen LogP) is 2.92. The molecule has 2 N–H and O–H groups in total. The minimum atomic E-state index is -3.83. The lowest BCUT2D eigenvalue weighted by molar-refractivity contribution is 0.105. The first-order valence-electron chi connectivity index (χ1n) is 9.60. The Labute approximate surface area is 172 Å². The van der Waals surface area contributed by atoms with E-state index in [2.05, 4.69) is 10.5 Å². The molecule has 29 heavy (non-hydrogen) atoms. The summed E-state index contributed by atoms with van der Waals surface area (Å²) in [7, 11) is -2.08. The van der Waals surface area contributed by atoms with E-state index < -0.39 is 16.1 Å². The van der Waals surface area contributed by atoms with Crippen LogP contribution in [0.4, 0.5) is 5.69 Å². The maximum Gasteiger partial charge on any atom is 0.243 e. The fourth-order valence-electron chi connectivity index (χ4n) is 3.14. The van der Waals surface area contributed by atoms with Crippen LogP contribution in [0.3, 0.4) is 0 Å². The van der Waals surface area contributed by atoms with Gasteiger partial charge in [0, 0.05) is 19.1 Å². The Hall–Kier alpha value is -2.13. The third-order valence-electron chi connectivity index (χ3n) is 4.67. The number of rotatable bonds is 11. The lowest BCUT2D eigenvalue weighted by atomic mass is 10.0. The second-order valence-corrected chi connectivity index (χ2v) is 9.39. The monoisotopic (exact) mass is 419 g/mol. The Morgan fingerprint density at radius 1 is 1.03 bits per heavy atom. The average Bonchev–Trinajstić information content (AvgIpc) is 2.71. The number of benzene rings is 2. The van der Waals surface area contributed by atoms with Crippen molar-refractivity contribution in [3.05, 3.63) is 65.1 Å². The molecule has 0 spiro atoms. The number of likely N-dealkylation sites (N-methyl/N-ethyl adjacent to an activating group) is 1. The number of aliphatic hydroxyl groups excluding tert-OH is 1.